The molecule has 2 aromatic rings. The molecule has 0 saturated carbocycles. The van der Waals surface area contributed by atoms with Crippen LogP contribution in [-0.2, 0) is 6.54 Å². The van der Waals surface area contributed by atoms with Gasteiger partial charge in [0, 0.05) is 24.5 Å². The van der Waals surface area contributed by atoms with Crippen LogP contribution in [0.4, 0.5) is 0 Å². The van der Waals surface area contributed by atoms with Crippen LogP contribution in [0.5, 0.6) is 0 Å². The SMILES string of the molecule is N#CCCCCn1ccc2ccccc2c1=O. The predicted octanol–water partition coefficient (Wildman–Crippen LogP) is 2.70. The molecule has 0 aliphatic heterocycles. The third-order valence-corrected chi connectivity index (χ3v) is 2.82. The van der Waals surface area contributed by atoms with Crippen molar-refractivity contribution in [3.05, 3.63) is 46.9 Å². The van der Waals surface area contributed by atoms with Gasteiger partial charge >= 0.3 is 0 Å². The van der Waals surface area contributed by atoms with Gasteiger partial charge in [-0.2, -0.15) is 5.26 Å². The van der Waals surface area contributed by atoms with E-state index in [9.17, 15) is 4.79 Å². The van der Waals surface area contributed by atoms with E-state index in [4.69, 9.17) is 5.26 Å². The Morgan fingerprint density at radius 2 is 2.00 bits per heavy atom. The monoisotopic (exact) mass is 226 g/mol. The lowest BCUT2D eigenvalue weighted by Crippen LogP contribution is -2.19. The molecule has 0 fully saturated rings. The second kappa shape index (κ2) is 5.31. The van der Waals surface area contributed by atoms with Crippen LogP contribution in [-0.4, -0.2) is 4.57 Å². The molecule has 3 nitrogen and oxygen atoms in total. The molecule has 1 heterocycles. The molecule has 1 aromatic carbocycles. The van der Waals surface area contributed by atoms with Crippen molar-refractivity contribution in [2.24, 2.45) is 0 Å². The standard InChI is InChI=1S/C14H14N2O/c15-9-4-1-5-10-16-11-8-12-6-2-3-7-13(12)14(16)17/h2-3,6-8,11H,1,4-5,10H2. The number of hydrogen-bond acceptors (Lipinski definition) is 2. The molecular weight excluding hydrogens is 212 g/mol. The maximum atomic E-state index is 12.1. The van der Waals surface area contributed by atoms with Crippen molar-refractivity contribution in [3.8, 4) is 6.07 Å². The van der Waals surface area contributed by atoms with Crippen molar-refractivity contribution in [1.82, 2.24) is 4.57 Å². The van der Waals surface area contributed by atoms with Gasteiger partial charge in [0.1, 0.15) is 0 Å². The Morgan fingerprint density at radius 1 is 1.18 bits per heavy atom. The highest BCUT2D eigenvalue weighted by atomic mass is 16.1. The zero-order valence-electron chi connectivity index (χ0n) is 9.60. The summed E-state index contributed by atoms with van der Waals surface area (Å²) >= 11 is 0. The highest BCUT2D eigenvalue weighted by Crippen LogP contribution is 2.08. The van der Waals surface area contributed by atoms with E-state index in [1.807, 2.05) is 36.5 Å². The molecule has 0 radical (unpaired) electrons. The topological polar surface area (TPSA) is 45.8 Å². The Morgan fingerprint density at radius 3 is 2.82 bits per heavy atom. The second-order valence-electron chi connectivity index (χ2n) is 4.02. The average Bonchev–Trinajstić information content (AvgIpc) is 2.37. The van der Waals surface area contributed by atoms with Gasteiger partial charge in [0.05, 0.1) is 6.07 Å². The number of aryl methyl sites for hydroxylation is 1. The molecule has 0 amide bonds. The minimum atomic E-state index is 0.0556. The molecule has 17 heavy (non-hydrogen) atoms. The number of rotatable bonds is 4. The quantitative estimate of drug-likeness (QED) is 0.752. The molecule has 0 atom stereocenters. The average molecular weight is 226 g/mol. The molecule has 0 spiro atoms. The first kappa shape index (κ1) is 11.4. The van der Waals surface area contributed by atoms with Crippen LogP contribution >= 0.6 is 0 Å². The number of pyridine rings is 1. The predicted molar refractivity (Wildman–Crippen MR) is 67.7 cm³/mol. The molecule has 0 N–H and O–H groups in total. The lowest BCUT2D eigenvalue weighted by atomic mass is 10.2. The fourth-order valence-corrected chi connectivity index (χ4v) is 1.89. The summed E-state index contributed by atoms with van der Waals surface area (Å²) in [5.41, 5.74) is 0.0556. The molecule has 0 bridgehead atoms. The Hall–Kier alpha value is -2.08. The van der Waals surface area contributed by atoms with E-state index in [1.54, 1.807) is 4.57 Å². The Labute approximate surface area is 99.9 Å². The lowest BCUT2D eigenvalue weighted by Gasteiger charge is -2.06. The zero-order chi connectivity index (χ0) is 12.1. The van der Waals surface area contributed by atoms with Gasteiger partial charge in [-0.25, -0.2) is 0 Å². The first-order valence-electron chi connectivity index (χ1n) is 5.78. The summed E-state index contributed by atoms with van der Waals surface area (Å²) in [5, 5.41) is 10.2. The number of unbranched alkanes of at least 4 members (excludes halogenated alkanes) is 2. The van der Waals surface area contributed by atoms with Crippen LogP contribution in [0.1, 0.15) is 19.3 Å². The van der Waals surface area contributed by atoms with Crippen molar-refractivity contribution in [2.45, 2.75) is 25.8 Å². The summed E-state index contributed by atoms with van der Waals surface area (Å²) < 4.78 is 1.72. The molecule has 2 rings (SSSR count). The van der Waals surface area contributed by atoms with Crippen molar-refractivity contribution in [3.63, 3.8) is 0 Å². The van der Waals surface area contributed by atoms with Crippen LogP contribution in [0.15, 0.2) is 41.3 Å². The third-order valence-electron chi connectivity index (χ3n) is 2.82. The van der Waals surface area contributed by atoms with Crippen molar-refractivity contribution in [1.29, 1.82) is 5.26 Å². The van der Waals surface area contributed by atoms with Crippen molar-refractivity contribution in [2.75, 3.05) is 0 Å². The molecular formula is C14H14N2O. The Balaban J connectivity index is 2.22. The van der Waals surface area contributed by atoms with E-state index < -0.39 is 0 Å². The maximum absolute atomic E-state index is 12.1. The number of hydrogen-bond donors (Lipinski definition) is 0. The van der Waals surface area contributed by atoms with Gasteiger partial charge in [-0.1, -0.05) is 18.2 Å². The van der Waals surface area contributed by atoms with E-state index in [2.05, 4.69) is 6.07 Å². The first-order valence-corrected chi connectivity index (χ1v) is 5.78. The van der Waals surface area contributed by atoms with Crippen LogP contribution < -0.4 is 5.56 Å². The van der Waals surface area contributed by atoms with Gasteiger partial charge < -0.3 is 4.57 Å². The van der Waals surface area contributed by atoms with Gasteiger partial charge in [-0.3, -0.25) is 4.79 Å². The minimum Gasteiger partial charge on any atom is -0.315 e. The van der Waals surface area contributed by atoms with Crippen molar-refractivity contribution < 1.29 is 0 Å². The number of fused-ring (bicyclic) bond motifs is 1. The maximum Gasteiger partial charge on any atom is 0.258 e. The van der Waals surface area contributed by atoms with Crippen LogP contribution in [0.3, 0.4) is 0 Å². The van der Waals surface area contributed by atoms with Crippen LogP contribution in [0.2, 0.25) is 0 Å². The summed E-state index contributed by atoms with van der Waals surface area (Å²) in [6.45, 7) is 0.686. The third kappa shape index (κ3) is 2.54. The smallest absolute Gasteiger partial charge is 0.258 e. The van der Waals surface area contributed by atoms with Gasteiger partial charge in [0.15, 0.2) is 0 Å². The van der Waals surface area contributed by atoms with Gasteiger partial charge in [-0.05, 0) is 30.4 Å². The number of nitrogens with zero attached hydrogens (tertiary/aromatic N) is 2. The van der Waals surface area contributed by atoms with E-state index in [0.29, 0.717) is 13.0 Å². The molecule has 0 aliphatic carbocycles. The summed E-state index contributed by atoms with van der Waals surface area (Å²) in [6.07, 6.45) is 4.10. The fourth-order valence-electron chi connectivity index (χ4n) is 1.89. The number of nitriles is 1. The Bertz CT molecular complexity index is 607. The van der Waals surface area contributed by atoms with E-state index in [-0.39, 0.29) is 5.56 Å². The zero-order valence-corrected chi connectivity index (χ0v) is 9.60. The van der Waals surface area contributed by atoms with Gasteiger partial charge in [0.2, 0.25) is 0 Å². The van der Waals surface area contributed by atoms with Gasteiger partial charge in [-0.15, -0.1) is 0 Å². The molecule has 86 valence electrons. The van der Waals surface area contributed by atoms with E-state index >= 15 is 0 Å². The largest absolute Gasteiger partial charge is 0.315 e. The minimum absolute atomic E-state index is 0.0556. The van der Waals surface area contributed by atoms with Crippen LogP contribution in [0.25, 0.3) is 10.8 Å². The lowest BCUT2D eigenvalue weighted by molar-refractivity contribution is 0.603. The first-order chi connectivity index (χ1) is 8.33. The van der Waals surface area contributed by atoms with Crippen molar-refractivity contribution >= 4 is 10.8 Å². The number of benzene rings is 1. The molecule has 0 saturated heterocycles. The summed E-state index contributed by atoms with van der Waals surface area (Å²) in [6, 6.07) is 11.7. The summed E-state index contributed by atoms with van der Waals surface area (Å²) in [7, 11) is 0. The molecule has 0 aliphatic rings. The molecule has 1 aromatic heterocycles. The van der Waals surface area contributed by atoms with E-state index in [1.165, 1.54) is 0 Å². The Kier molecular flexibility index (Phi) is 3.56. The number of aromatic nitrogens is 1. The summed E-state index contributed by atoms with van der Waals surface area (Å²) in [4.78, 5) is 12.1. The second-order valence-corrected chi connectivity index (χ2v) is 4.02. The fraction of sp³-hybridized carbons (Fsp3) is 0.286. The highest BCUT2D eigenvalue weighted by Gasteiger charge is 2.01. The molecule has 0 unspecified atom stereocenters. The van der Waals surface area contributed by atoms with Crippen LogP contribution in [0, 0.1) is 11.3 Å². The van der Waals surface area contributed by atoms with E-state index in [0.717, 1.165) is 23.6 Å². The summed E-state index contributed by atoms with van der Waals surface area (Å²) in [5.74, 6) is 0. The van der Waals surface area contributed by atoms with Gasteiger partial charge in [0.25, 0.3) is 5.56 Å². The molecule has 3 heteroatoms. The highest BCUT2D eigenvalue weighted by molar-refractivity contribution is 5.81. The normalized spacial score (nSPS) is 10.3.